The predicted octanol–water partition coefficient (Wildman–Crippen LogP) is 4.63. The lowest BCUT2D eigenvalue weighted by Crippen LogP contribution is -2.26. The van der Waals surface area contributed by atoms with Gasteiger partial charge in [0.2, 0.25) is 0 Å². The van der Waals surface area contributed by atoms with Crippen molar-refractivity contribution in [3.05, 3.63) is 59.3 Å². The number of amides is 1. The summed E-state index contributed by atoms with van der Waals surface area (Å²) >= 11 is 0. The fourth-order valence-electron chi connectivity index (χ4n) is 3.98. The second kappa shape index (κ2) is 8.78. The number of hydrogen-bond donors (Lipinski definition) is 2. The number of aryl methyl sites for hydroxylation is 2. The first-order valence-electron chi connectivity index (χ1n) is 10.8. The van der Waals surface area contributed by atoms with Gasteiger partial charge in [0, 0.05) is 47.9 Å². The summed E-state index contributed by atoms with van der Waals surface area (Å²) in [5.41, 5.74) is 4.06. The van der Waals surface area contributed by atoms with Crippen LogP contribution in [0.15, 0.2) is 51.8 Å². The molecule has 1 saturated heterocycles. The number of nitrogens with zero attached hydrogens (tertiary/aromatic N) is 2. The highest BCUT2D eigenvalue weighted by atomic mass is 32.2. The van der Waals surface area contributed by atoms with Crippen LogP contribution in [-0.2, 0) is 10.0 Å². The molecule has 1 aliphatic rings. The van der Waals surface area contributed by atoms with Gasteiger partial charge in [-0.1, -0.05) is 12.5 Å². The maximum Gasteiger partial charge on any atom is 0.284 e. The molecule has 0 aliphatic carbocycles. The summed E-state index contributed by atoms with van der Waals surface area (Å²) in [4.78, 5) is 18.1. The number of rotatable bonds is 4. The Balaban J connectivity index is 1.57. The Morgan fingerprint density at radius 2 is 1.91 bits per heavy atom. The van der Waals surface area contributed by atoms with E-state index in [1.54, 1.807) is 18.2 Å². The van der Waals surface area contributed by atoms with Gasteiger partial charge in [0.15, 0.2) is 0 Å². The first kappa shape index (κ1) is 22.1. The van der Waals surface area contributed by atoms with Crippen molar-refractivity contribution in [3.63, 3.8) is 0 Å². The summed E-state index contributed by atoms with van der Waals surface area (Å²) < 4.78 is 29.9. The summed E-state index contributed by atoms with van der Waals surface area (Å²) in [7, 11) is -2.00. The molecule has 1 fully saturated rings. The molecule has 1 aliphatic heterocycles. The molecule has 168 valence electrons. The number of carbonyl (C=O) groups excluding carboxylic acids is 1. The highest BCUT2D eigenvalue weighted by molar-refractivity contribution is 7.90. The van der Waals surface area contributed by atoms with Gasteiger partial charge >= 0.3 is 0 Å². The molecule has 0 unspecified atom stereocenters. The second-order valence-corrected chi connectivity index (χ2v) is 9.94. The number of H-pyrrole nitrogens is 1. The molecule has 8 heteroatoms. The van der Waals surface area contributed by atoms with Crippen LogP contribution in [0.3, 0.4) is 0 Å². The molecular formula is C24H28N4O3S. The second-order valence-electron chi connectivity index (χ2n) is 8.33. The summed E-state index contributed by atoms with van der Waals surface area (Å²) in [5, 5.41) is 3.81. The number of sulfonamides is 1. The maximum atomic E-state index is 12.9. The fraction of sp³-hybridized carbons (Fsp3) is 0.333. The summed E-state index contributed by atoms with van der Waals surface area (Å²) in [6, 6.07) is 11.7. The Morgan fingerprint density at radius 3 is 2.72 bits per heavy atom. The number of fused-ring (bicyclic) bond motifs is 1. The summed E-state index contributed by atoms with van der Waals surface area (Å²) in [6.45, 7) is 4.81. The third-order valence-corrected chi connectivity index (χ3v) is 7.32. The lowest BCUT2D eigenvalue weighted by atomic mass is 10.1. The monoisotopic (exact) mass is 452 g/mol. The van der Waals surface area contributed by atoms with Gasteiger partial charge in [-0.25, -0.2) is 0 Å². The lowest BCUT2D eigenvalue weighted by molar-refractivity contribution is 0.102. The fourth-order valence-corrected chi connectivity index (χ4v) is 5.12. The molecule has 2 aromatic carbocycles. The average Bonchev–Trinajstić information content (AvgIpc) is 2.91. The summed E-state index contributed by atoms with van der Waals surface area (Å²) in [6.07, 6.45) is 3.68. The van der Waals surface area contributed by atoms with Gasteiger partial charge in [0.25, 0.3) is 15.9 Å². The Hall–Kier alpha value is -3.13. The van der Waals surface area contributed by atoms with E-state index in [4.69, 9.17) is 0 Å². The zero-order valence-corrected chi connectivity index (χ0v) is 19.4. The zero-order valence-electron chi connectivity index (χ0n) is 18.6. The molecule has 3 aromatic rings. The molecule has 4 rings (SSSR count). The number of amidine groups is 1. The molecule has 0 saturated carbocycles. The van der Waals surface area contributed by atoms with Crippen LogP contribution in [0.25, 0.3) is 10.9 Å². The van der Waals surface area contributed by atoms with Crippen molar-refractivity contribution < 1.29 is 13.2 Å². The normalized spacial score (nSPS) is 16.3. The number of likely N-dealkylation sites (tertiary alicyclic amines) is 1. The van der Waals surface area contributed by atoms with Gasteiger partial charge in [-0.3, -0.25) is 4.79 Å². The first-order valence-corrected chi connectivity index (χ1v) is 12.2. The lowest BCUT2D eigenvalue weighted by Gasteiger charge is -2.17. The van der Waals surface area contributed by atoms with Crippen LogP contribution >= 0.6 is 0 Å². The van der Waals surface area contributed by atoms with E-state index in [-0.39, 0.29) is 10.8 Å². The number of benzene rings is 2. The van der Waals surface area contributed by atoms with Crippen molar-refractivity contribution in [2.75, 3.05) is 18.9 Å². The van der Waals surface area contributed by atoms with Gasteiger partial charge in [0.1, 0.15) is 5.84 Å². The Kier molecular flexibility index (Phi) is 6.06. The van der Waals surface area contributed by atoms with Gasteiger partial charge in [-0.15, -0.1) is 4.40 Å². The number of carbonyl (C=O) groups is 1. The summed E-state index contributed by atoms with van der Waals surface area (Å²) in [5.74, 6) is 0.289. The largest absolute Gasteiger partial charge is 0.362 e. The minimum absolute atomic E-state index is 0.0630. The molecule has 7 nitrogen and oxygen atoms in total. The Labute approximate surface area is 188 Å². The van der Waals surface area contributed by atoms with Crippen LogP contribution in [0.5, 0.6) is 0 Å². The third-order valence-electron chi connectivity index (χ3n) is 6.02. The number of aromatic amines is 1. The van der Waals surface area contributed by atoms with E-state index in [1.165, 1.54) is 12.1 Å². The molecule has 1 amide bonds. The molecular weight excluding hydrogens is 424 g/mol. The minimum atomic E-state index is -3.87. The van der Waals surface area contributed by atoms with Crippen molar-refractivity contribution >= 4 is 38.4 Å². The van der Waals surface area contributed by atoms with Crippen LogP contribution in [0.2, 0.25) is 0 Å². The first-order chi connectivity index (χ1) is 15.2. The van der Waals surface area contributed by atoms with Crippen LogP contribution in [-0.4, -0.2) is 43.6 Å². The van der Waals surface area contributed by atoms with Gasteiger partial charge < -0.3 is 15.2 Å². The van der Waals surface area contributed by atoms with Crippen LogP contribution in [0.1, 0.15) is 47.3 Å². The molecule has 1 aromatic heterocycles. The zero-order chi connectivity index (χ0) is 22.9. The standard InChI is InChI=1S/C24H28N4O3S/c1-16-17(2)25-22-12-11-18(14-21(16)22)24(29)26-19-8-7-9-20(15-19)32(30,31)27-23-10-5-4-6-13-28(23)3/h7-9,11-12,14-15,25H,4-6,10,13H2,1-3H3,(H,26,29)/b27-23-. The quantitative estimate of drug-likeness (QED) is 0.603. The van der Waals surface area contributed by atoms with Gasteiger partial charge in [0.05, 0.1) is 4.90 Å². The third kappa shape index (κ3) is 4.55. The van der Waals surface area contributed by atoms with Crippen molar-refractivity contribution in [2.45, 2.75) is 44.4 Å². The van der Waals surface area contributed by atoms with E-state index in [2.05, 4.69) is 14.7 Å². The van der Waals surface area contributed by atoms with Crippen LogP contribution < -0.4 is 5.32 Å². The number of aromatic nitrogens is 1. The van der Waals surface area contributed by atoms with Crippen LogP contribution in [0.4, 0.5) is 5.69 Å². The van der Waals surface area contributed by atoms with Crippen molar-refractivity contribution in [1.29, 1.82) is 0 Å². The van der Waals surface area contributed by atoms with Gasteiger partial charge in [-0.05, 0) is 68.7 Å². The molecule has 0 bridgehead atoms. The Bertz CT molecular complexity index is 1310. The molecule has 0 radical (unpaired) electrons. The number of anilines is 1. The SMILES string of the molecule is Cc1[nH]c2ccc(C(=O)Nc3cccc(S(=O)(=O)/N=C4/CCCCCN4C)c3)cc2c1C. The van der Waals surface area contributed by atoms with Crippen molar-refractivity contribution in [1.82, 2.24) is 9.88 Å². The van der Waals surface area contributed by atoms with E-state index in [0.29, 0.717) is 23.5 Å². The molecule has 32 heavy (non-hydrogen) atoms. The van der Waals surface area contributed by atoms with E-state index in [9.17, 15) is 13.2 Å². The van der Waals surface area contributed by atoms with Crippen LogP contribution in [0, 0.1) is 13.8 Å². The smallest absolute Gasteiger partial charge is 0.284 e. The number of nitrogens with one attached hydrogen (secondary N) is 2. The molecule has 2 heterocycles. The topological polar surface area (TPSA) is 94.6 Å². The molecule has 2 N–H and O–H groups in total. The average molecular weight is 453 g/mol. The predicted molar refractivity (Wildman–Crippen MR) is 128 cm³/mol. The van der Waals surface area contributed by atoms with E-state index in [1.807, 2.05) is 37.9 Å². The molecule has 0 spiro atoms. The highest BCUT2D eigenvalue weighted by Gasteiger charge is 2.19. The Morgan fingerprint density at radius 1 is 1.09 bits per heavy atom. The van der Waals surface area contributed by atoms with E-state index < -0.39 is 10.0 Å². The number of hydrogen-bond acceptors (Lipinski definition) is 3. The van der Waals surface area contributed by atoms with Crippen molar-refractivity contribution in [3.8, 4) is 0 Å². The van der Waals surface area contributed by atoms with Gasteiger partial charge in [-0.2, -0.15) is 8.42 Å². The molecule has 0 atom stereocenters. The van der Waals surface area contributed by atoms with E-state index in [0.717, 1.165) is 48.0 Å². The maximum absolute atomic E-state index is 12.9. The van der Waals surface area contributed by atoms with Crippen molar-refractivity contribution in [2.24, 2.45) is 4.40 Å². The highest BCUT2D eigenvalue weighted by Crippen LogP contribution is 2.24. The minimum Gasteiger partial charge on any atom is -0.362 e. The van der Waals surface area contributed by atoms with E-state index >= 15 is 0 Å².